The monoisotopic (exact) mass is 322 g/mol. The Bertz CT molecular complexity index is 668. The van der Waals surface area contributed by atoms with Crippen LogP contribution in [0.1, 0.15) is 37.8 Å². The Hall–Kier alpha value is -1.82. The van der Waals surface area contributed by atoms with E-state index in [1.807, 2.05) is 19.1 Å². The van der Waals surface area contributed by atoms with Gasteiger partial charge in [0.2, 0.25) is 15.9 Å². The number of anilines is 1. The van der Waals surface area contributed by atoms with E-state index in [0.717, 1.165) is 24.7 Å². The van der Waals surface area contributed by atoms with E-state index in [4.69, 9.17) is 0 Å². The number of hydrogen-bond acceptors (Lipinski definition) is 3. The molecule has 120 valence electrons. The summed E-state index contributed by atoms with van der Waals surface area (Å²) < 4.78 is 25.3. The van der Waals surface area contributed by atoms with Crippen LogP contribution in [0, 0.1) is 5.92 Å². The molecule has 6 heteroatoms. The predicted molar refractivity (Wildman–Crippen MR) is 87.9 cm³/mol. The Morgan fingerprint density at radius 2 is 2.09 bits per heavy atom. The molecular weight excluding hydrogens is 300 g/mol. The molecule has 1 aliphatic carbocycles. The maximum Gasteiger partial charge on any atom is 0.229 e. The molecule has 0 aliphatic heterocycles. The lowest BCUT2D eigenvalue weighted by molar-refractivity contribution is -0.122. The van der Waals surface area contributed by atoms with Crippen LogP contribution in [0.25, 0.3) is 0 Å². The van der Waals surface area contributed by atoms with E-state index in [2.05, 4.69) is 22.2 Å². The van der Waals surface area contributed by atoms with Gasteiger partial charge in [-0.25, -0.2) is 8.42 Å². The number of allylic oxidation sites excluding steroid dienone is 2. The van der Waals surface area contributed by atoms with E-state index in [1.165, 1.54) is 0 Å². The van der Waals surface area contributed by atoms with E-state index < -0.39 is 10.0 Å². The molecule has 0 fully saturated rings. The fourth-order valence-corrected chi connectivity index (χ4v) is 3.23. The van der Waals surface area contributed by atoms with Gasteiger partial charge in [0.25, 0.3) is 0 Å². The summed E-state index contributed by atoms with van der Waals surface area (Å²) in [6.45, 7) is 1.85. The molecule has 0 heterocycles. The van der Waals surface area contributed by atoms with Gasteiger partial charge in [0.05, 0.1) is 18.0 Å². The number of hydrogen-bond donors (Lipinski definition) is 2. The summed E-state index contributed by atoms with van der Waals surface area (Å²) in [5, 5.41) is 2.94. The number of nitrogens with one attached hydrogen (secondary N) is 2. The van der Waals surface area contributed by atoms with Crippen LogP contribution < -0.4 is 10.0 Å². The molecule has 0 radical (unpaired) electrons. The Labute approximate surface area is 131 Å². The molecule has 2 N–H and O–H groups in total. The third-order valence-electron chi connectivity index (χ3n) is 3.66. The van der Waals surface area contributed by atoms with Crippen molar-refractivity contribution in [1.29, 1.82) is 0 Å². The molecule has 2 rings (SSSR count). The van der Waals surface area contributed by atoms with E-state index in [1.54, 1.807) is 12.1 Å². The van der Waals surface area contributed by atoms with Crippen LogP contribution in [0.2, 0.25) is 0 Å². The molecule has 1 aromatic rings. The molecular formula is C16H22N2O3S. The normalized spacial score (nSPS) is 18.9. The van der Waals surface area contributed by atoms with Gasteiger partial charge in [0.15, 0.2) is 0 Å². The van der Waals surface area contributed by atoms with Crippen LogP contribution in [0.3, 0.4) is 0 Å². The lowest BCUT2D eigenvalue weighted by atomic mass is 10.0. The number of carbonyl (C=O) groups is 1. The quantitative estimate of drug-likeness (QED) is 0.791. The first-order chi connectivity index (χ1) is 10.3. The molecule has 0 saturated heterocycles. The largest absolute Gasteiger partial charge is 0.349 e. The Morgan fingerprint density at radius 1 is 1.36 bits per heavy atom. The Kier molecular flexibility index (Phi) is 5.24. The highest BCUT2D eigenvalue weighted by molar-refractivity contribution is 7.92. The van der Waals surface area contributed by atoms with Gasteiger partial charge < -0.3 is 5.32 Å². The van der Waals surface area contributed by atoms with Crippen LogP contribution >= 0.6 is 0 Å². The predicted octanol–water partition coefficient (Wildman–Crippen LogP) is 2.59. The standard InChI is InChI=1S/C16H22N2O3S/c1-12(17-16(19)11-13-7-3-4-8-13)14-9-5-6-10-15(14)18-22(2,20)21/h3,5-7,9-10,12-13,18H,4,8,11H2,1-2H3,(H,17,19). The van der Waals surface area contributed by atoms with E-state index in [-0.39, 0.29) is 11.9 Å². The van der Waals surface area contributed by atoms with Crippen molar-refractivity contribution in [1.82, 2.24) is 5.32 Å². The second-order valence-electron chi connectivity index (χ2n) is 5.72. The van der Waals surface area contributed by atoms with Crippen LogP contribution in [0.4, 0.5) is 5.69 Å². The third kappa shape index (κ3) is 4.87. The number of amides is 1. The first-order valence-corrected chi connectivity index (χ1v) is 9.27. The summed E-state index contributed by atoms with van der Waals surface area (Å²) in [5.41, 5.74) is 1.25. The second kappa shape index (κ2) is 6.96. The van der Waals surface area contributed by atoms with E-state index in [0.29, 0.717) is 18.0 Å². The van der Waals surface area contributed by atoms with E-state index >= 15 is 0 Å². The maximum atomic E-state index is 12.1. The van der Waals surface area contributed by atoms with Gasteiger partial charge in [0.1, 0.15) is 0 Å². The van der Waals surface area contributed by atoms with Crippen molar-refractivity contribution in [2.24, 2.45) is 5.92 Å². The fraction of sp³-hybridized carbons (Fsp3) is 0.438. The summed E-state index contributed by atoms with van der Waals surface area (Å²) in [4.78, 5) is 12.1. The van der Waals surface area contributed by atoms with Crippen LogP contribution in [0.15, 0.2) is 36.4 Å². The first-order valence-electron chi connectivity index (χ1n) is 7.38. The first kappa shape index (κ1) is 16.5. The van der Waals surface area contributed by atoms with Crippen molar-refractivity contribution in [3.63, 3.8) is 0 Å². The molecule has 5 nitrogen and oxygen atoms in total. The summed E-state index contributed by atoms with van der Waals surface area (Å²) in [6, 6.07) is 6.83. The summed E-state index contributed by atoms with van der Waals surface area (Å²) in [6.07, 6.45) is 7.83. The van der Waals surface area contributed by atoms with Gasteiger partial charge in [-0.2, -0.15) is 0 Å². The average Bonchev–Trinajstić information content (AvgIpc) is 2.90. The van der Waals surface area contributed by atoms with Crippen LogP contribution in [-0.4, -0.2) is 20.6 Å². The lowest BCUT2D eigenvalue weighted by Crippen LogP contribution is -2.28. The molecule has 1 amide bonds. The number of carbonyl (C=O) groups excluding carboxylic acids is 1. The molecule has 1 aromatic carbocycles. The number of benzene rings is 1. The molecule has 1 aliphatic rings. The lowest BCUT2D eigenvalue weighted by Gasteiger charge is -2.19. The molecule has 0 bridgehead atoms. The van der Waals surface area contributed by atoms with Crippen LogP contribution in [-0.2, 0) is 14.8 Å². The number of sulfonamides is 1. The smallest absolute Gasteiger partial charge is 0.229 e. The summed E-state index contributed by atoms with van der Waals surface area (Å²) in [5.74, 6) is 0.301. The Balaban J connectivity index is 2.04. The van der Waals surface area contributed by atoms with Crippen molar-refractivity contribution in [2.75, 3.05) is 11.0 Å². The zero-order valence-electron chi connectivity index (χ0n) is 12.9. The van der Waals surface area contributed by atoms with Crippen molar-refractivity contribution < 1.29 is 13.2 Å². The average molecular weight is 322 g/mol. The van der Waals surface area contributed by atoms with Gasteiger partial charge in [0, 0.05) is 6.42 Å². The van der Waals surface area contributed by atoms with Gasteiger partial charge in [-0.3, -0.25) is 9.52 Å². The second-order valence-corrected chi connectivity index (χ2v) is 7.47. The highest BCUT2D eigenvalue weighted by Crippen LogP contribution is 2.24. The Morgan fingerprint density at radius 3 is 2.73 bits per heavy atom. The van der Waals surface area contributed by atoms with Gasteiger partial charge in [-0.15, -0.1) is 0 Å². The minimum Gasteiger partial charge on any atom is -0.349 e. The van der Waals surface area contributed by atoms with Gasteiger partial charge in [-0.1, -0.05) is 30.4 Å². The topological polar surface area (TPSA) is 75.3 Å². The highest BCUT2D eigenvalue weighted by Gasteiger charge is 2.18. The molecule has 2 unspecified atom stereocenters. The van der Waals surface area contributed by atoms with E-state index in [9.17, 15) is 13.2 Å². The maximum absolute atomic E-state index is 12.1. The highest BCUT2D eigenvalue weighted by atomic mass is 32.2. The summed E-state index contributed by atoms with van der Waals surface area (Å²) >= 11 is 0. The molecule has 2 atom stereocenters. The summed E-state index contributed by atoms with van der Waals surface area (Å²) in [7, 11) is -3.35. The number of rotatable bonds is 6. The van der Waals surface area contributed by atoms with Gasteiger partial charge >= 0.3 is 0 Å². The zero-order chi connectivity index (χ0) is 16.2. The molecule has 22 heavy (non-hydrogen) atoms. The number of para-hydroxylation sites is 1. The van der Waals surface area contributed by atoms with Crippen molar-refractivity contribution in [3.05, 3.63) is 42.0 Å². The third-order valence-corrected chi connectivity index (χ3v) is 4.25. The minimum atomic E-state index is -3.35. The zero-order valence-corrected chi connectivity index (χ0v) is 13.7. The van der Waals surface area contributed by atoms with Crippen LogP contribution in [0.5, 0.6) is 0 Å². The SMILES string of the molecule is CC(NC(=O)CC1C=CCC1)c1ccccc1NS(C)(=O)=O. The molecule has 0 aromatic heterocycles. The van der Waals surface area contributed by atoms with Crippen molar-refractivity contribution >= 4 is 21.6 Å². The fourth-order valence-electron chi connectivity index (χ4n) is 2.65. The van der Waals surface area contributed by atoms with Crippen molar-refractivity contribution in [3.8, 4) is 0 Å². The van der Waals surface area contributed by atoms with Crippen molar-refractivity contribution in [2.45, 2.75) is 32.2 Å². The van der Waals surface area contributed by atoms with Gasteiger partial charge in [-0.05, 0) is 37.3 Å². The minimum absolute atomic E-state index is 0.0155. The molecule has 0 spiro atoms. The molecule has 0 saturated carbocycles.